The highest BCUT2D eigenvalue weighted by Gasteiger charge is 2.34. The second-order valence-electron chi connectivity index (χ2n) is 6.22. The Hall–Kier alpha value is -1.59. The molecule has 5 nitrogen and oxygen atoms in total. The number of benzene rings is 1. The van der Waals surface area contributed by atoms with Crippen molar-refractivity contribution in [3.63, 3.8) is 0 Å². The third-order valence-corrected chi connectivity index (χ3v) is 4.69. The van der Waals surface area contributed by atoms with Crippen LogP contribution in [0.25, 0.3) is 0 Å². The van der Waals surface area contributed by atoms with Crippen LogP contribution in [0.4, 0.5) is 0 Å². The van der Waals surface area contributed by atoms with E-state index < -0.39 is 0 Å². The molecule has 2 fully saturated rings. The number of piperidine rings is 1. The molecule has 2 aliphatic heterocycles. The lowest BCUT2D eigenvalue weighted by Gasteiger charge is -2.37. The van der Waals surface area contributed by atoms with Gasteiger partial charge in [-0.25, -0.2) is 0 Å². The van der Waals surface area contributed by atoms with Crippen LogP contribution in [0.1, 0.15) is 12.0 Å². The minimum Gasteiger partial charge on any atom is -0.496 e. The number of ether oxygens (including phenoxy) is 2. The third kappa shape index (κ3) is 3.25. The standard InChI is InChI=1S/C17H24N2O3/c1-18-9-14-11-19(8-7-16(14)22-12-17(18)20)10-13-5-3-4-6-15(13)21-2/h3-6,14,16H,7-12H2,1-2H3/t14-,16-/m0/s1. The molecule has 1 aromatic rings. The lowest BCUT2D eigenvalue weighted by molar-refractivity contribution is -0.133. The van der Waals surface area contributed by atoms with Gasteiger partial charge in [0.1, 0.15) is 12.4 Å². The third-order valence-electron chi connectivity index (χ3n) is 4.69. The summed E-state index contributed by atoms with van der Waals surface area (Å²) >= 11 is 0. The quantitative estimate of drug-likeness (QED) is 0.846. The topological polar surface area (TPSA) is 42.0 Å². The lowest BCUT2D eigenvalue weighted by Crippen LogP contribution is -2.46. The molecule has 3 rings (SSSR count). The number of nitrogens with zero attached hydrogens (tertiary/aromatic N) is 2. The van der Waals surface area contributed by atoms with E-state index in [-0.39, 0.29) is 18.6 Å². The Morgan fingerprint density at radius 1 is 1.32 bits per heavy atom. The first-order valence-corrected chi connectivity index (χ1v) is 7.87. The number of rotatable bonds is 3. The van der Waals surface area contributed by atoms with Crippen molar-refractivity contribution in [1.29, 1.82) is 0 Å². The summed E-state index contributed by atoms with van der Waals surface area (Å²) in [5, 5.41) is 0. The van der Waals surface area contributed by atoms with Gasteiger partial charge < -0.3 is 14.4 Å². The summed E-state index contributed by atoms with van der Waals surface area (Å²) < 4.78 is 11.2. The fraction of sp³-hybridized carbons (Fsp3) is 0.588. The number of para-hydroxylation sites is 1. The molecule has 0 N–H and O–H groups in total. The average molecular weight is 304 g/mol. The van der Waals surface area contributed by atoms with Crippen LogP contribution in [0, 0.1) is 5.92 Å². The first-order chi connectivity index (χ1) is 10.7. The molecule has 2 heterocycles. The van der Waals surface area contributed by atoms with Gasteiger partial charge in [-0.05, 0) is 12.5 Å². The van der Waals surface area contributed by atoms with Crippen LogP contribution in [0.3, 0.4) is 0 Å². The molecule has 0 aliphatic carbocycles. The number of likely N-dealkylation sites (N-methyl/N-ethyl adjacent to an activating group) is 1. The van der Waals surface area contributed by atoms with E-state index in [4.69, 9.17) is 9.47 Å². The van der Waals surface area contributed by atoms with Gasteiger partial charge in [0.25, 0.3) is 0 Å². The molecule has 120 valence electrons. The minimum atomic E-state index is 0.0886. The van der Waals surface area contributed by atoms with Crippen molar-refractivity contribution in [1.82, 2.24) is 9.80 Å². The van der Waals surface area contributed by atoms with Crippen LogP contribution in [0.5, 0.6) is 5.75 Å². The van der Waals surface area contributed by atoms with Crippen molar-refractivity contribution in [2.75, 3.05) is 40.4 Å². The molecule has 22 heavy (non-hydrogen) atoms. The molecule has 0 aromatic heterocycles. The molecule has 0 bridgehead atoms. The minimum absolute atomic E-state index is 0.0886. The average Bonchev–Trinajstić information content (AvgIpc) is 2.67. The summed E-state index contributed by atoms with van der Waals surface area (Å²) in [5.74, 6) is 1.42. The Bertz CT molecular complexity index is 534. The largest absolute Gasteiger partial charge is 0.496 e. The van der Waals surface area contributed by atoms with E-state index in [1.807, 2.05) is 25.2 Å². The van der Waals surface area contributed by atoms with E-state index in [0.29, 0.717) is 5.92 Å². The van der Waals surface area contributed by atoms with Gasteiger partial charge in [0.2, 0.25) is 5.91 Å². The lowest BCUT2D eigenvalue weighted by atomic mass is 9.94. The normalized spacial score (nSPS) is 26.5. The zero-order valence-electron chi connectivity index (χ0n) is 13.3. The van der Waals surface area contributed by atoms with Gasteiger partial charge in [-0.2, -0.15) is 0 Å². The fourth-order valence-corrected chi connectivity index (χ4v) is 3.44. The van der Waals surface area contributed by atoms with Crippen molar-refractivity contribution in [3.8, 4) is 5.75 Å². The SMILES string of the molecule is COc1ccccc1CN1CC[C@@H]2OCC(=O)N(C)C[C@H]2C1. The molecule has 1 amide bonds. The van der Waals surface area contributed by atoms with Gasteiger partial charge in [0, 0.05) is 44.7 Å². The van der Waals surface area contributed by atoms with E-state index in [1.54, 1.807) is 12.0 Å². The van der Waals surface area contributed by atoms with Crippen molar-refractivity contribution in [2.24, 2.45) is 5.92 Å². The van der Waals surface area contributed by atoms with E-state index in [9.17, 15) is 4.79 Å². The second kappa shape index (κ2) is 6.67. The van der Waals surface area contributed by atoms with E-state index >= 15 is 0 Å². The van der Waals surface area contributed by atoms with E-state index in [2.05, 4.69) is 11.0 Å². The number of carbonyl (C=O) groups is 1. The van der Waals surface area contributed by atoms with Gasteiger partial charge in [-0.1, -0.05) is 18.2 Å². The maximum Gasteiger partial charge on any atom is 0.248 e. The molecular weight excluding hydrogens is 280 g/mol. The summed E-state index contributed by atoms with van der Waals surface area (Å²) in [6, 6.07) is 8.16. The Balaban J connectivity index is 1.66. The smallest absolute Gasteiger partial charge is 0.248 e. The summed E-state index contributed by atoms with van der Waals surface area (Å²) in [5.41, 5.74) is 1.21. The van der Waals surface area contributed by atoms with Gasteiger partial charge >= 0.3 is 0 Å². The van der Waals surface area contributed by atoms with E-state index in [0.717, 1.165) is 38.3 Å². The van der Waals surface area contributed by atoms with Gasteiger partial charge in [0.15, 0.2) is 0 Å². The van der Waals surface area contributed by atoms with Gasteiger partial charge in [-0.15, -0.1) is 0 Å². The molecular formula is C17H24N2O3. The van der Waals surface area contributed by atoms with Crippen LogP contribution in [-0.4, -0.2) is 62.2 Å². The summed E-state index contributed by atoms with van der Waals surface area (Å²) in [6.07, 6.45) is 1.20. The maximum atomic E-state index is 11.8. The predicted molar refractivity (Wildman–Crippen MR) is 83.8 cm³/mol. The van der Waals surface area contributed by atoms with Crippen LogP contribution < -0.4 is 4.74 Å². The molecule has 5 heteroatoms. The number of likely N-dealkylation sites (tertiary alicyclic amines) is 1. The van der Waals surface area contributed by atoms with Crippen LogP contribution >= 0.6 is 0 Å². The highest BCUT2D eigenvalue weighted by atomic mass is 16.5. The Labute approximate surface area is 131 Å². The number of hydrogen-bond donors (Lipinski definition) is 0. The molecule has 2 saturated heterocycles. The summed E-state index contributed by atoms with van der Waals surface area (Å²) in [4.78, 5) is 16.0. The van der Waals surface area contributed by atoms with Crippen LogP contribution in [-0.2, 0) is 16.1 Å². The number of fused-ring (bicyclic) bond motifs is 1. The highest BCUT2D eigenvalue weighted by molar-refractivity contribution is 5.77. The van der Waals surface area contributed by atoms with Crippen LogP contribution in [0.2, 0.25) is 0 Å². The summed E-state index contributed by atoms with van der Waals surface area (Å²) in [7, 11) is 3.58. The molecule has 1 aromatic carbocycles. The number of carbonyl (C=O) groups excluding carboxylic acids is 1. The molecule has 2 atom stereocenters. The first kappa shape index (κ1) is 15.3. The maximum absolute atomic E-state index is 11.8. The van der Waals surface area contributed by atoms with Crippen molar-refractivity contribution < 1.29 is 14.3 Å². The zero-order valence-corrected chi connectivity index (χ0v) is 13.3. The van der Waals surface area contributed by atoms with Crippen LogP contribution in [0.15, 0.2) is 24.3 Å². The summed E-state index contributed by atoms with van der Waals surface area (Å²) in [6.45, 7) is 3.85. The Morgan fingerprint density at radius 2 is 2.14 bits per heavy atom. The fourth-order valence-electron chi connectivity index (χ4n) is 3.44. The molecule has 0 spiro atoms. The molecule has 0 saturated carbocycles. The predicted octanol–water partition coefficient (Wildman–Crippen LogP) is 1.37. The number of amides is 1. The van der Waals surface area contributed by atoms with E-state index in [1.165, 1.54) is 5.56 Å². The molecule has 2 aliphatic rings. The first-order valence-electron chi connectivity index (χ1n) is 7.87. The van der Waals surface area contributed by atoms with Crippen molar-refractivity contribution >= 4 is 5.91 Å². The Morgan fingerprint density at radius 3 is 2.95 bits per heavy atom. The highest BCUT2D eigenvalue weighted by Crippen LogP contribution is 2.26. The Kier molecular flexibility index (Phi) is 4.64. The second-order valence-corrected chi connectivity index (χ2v) is 6.22. The molecule has 0 unspecified atom stereocenters. The zero-order chi connectivity index (χ0) is 15.5. The monoisotopic (exact) mass is 304 g/mol. The number of hydrogen-bond acceptors (Lipinski definition) is 4. The van der Waals surface area contributed by atoms with Crippen molar-refractivity contribution in [2.45, 2.75) is 19.1 Å². The van der Waals surface area contributed by atoms with Crippen molar-refractivity contribution in [3.05, 3.63) is 29.8 Å². The van der Waals surface area contributed by atoms with Gasteiger partial charge in [-0.3, -0.25) is 9.69 Å². The molecule has 0 radical (unpaired) electrons. The number of methoxy groups -OCH3 is 1. The van der Waals surface area contributed by atoms with Gasteiger partial charge in [0.05, 0.1) is 13.2 Å².